The standard InChI is InChI=1S/C10H13F2NO/c1-14-8-4-2-7(3-5-8)9(6-13)10(11)12/h2-5,9-10H,6,13H2,1H3. The highest BCUT2D eigenvalue weighted by molar-refractivity contribution is 5.29. The summed E-state index contributed by atoms with van der Waals surface area (Å²) in [5.74, 6) is -0.236. The maximum absolute atomic E-state index is 12.5. The normalized spacial score (nSPS) is 12.9. The molecule has 0 aliphatic carbocycles. The van der Waals surface area contributed by atoms with E-state index in [9.17, 15) is 8.78 Å². The molecule has 4 heteroatoms. The summed E-state index contributed by atoms with van der Waals surface area (Å²) in [4.78, 5) is 0. The molecule has 0 radical (unpaired) electrons. The molecule has 1 aromatic rings. The largest absolute Gasteiger partial charge is 0.497 e. The lowest BCUT2D eigenvalue weighted by atomic mass is 10.00. The van der Waals surface area contributed by atoms with Crippen LogP contribution in [0, 0.1) is 0 Å². The predicted molar refractivity (Wildman–Crippen MR) is 50.8 cm³/mol. The van der Waals surface area contributed by atoms with Gasteiger partial charge >= 0.3 is 0 Å². The minimum absolute atomic E-state index is 0.0516. The highest BCUT2D eigenvalue weighted by atomic mass is 19.3. The van der Waals surface area contributed by atoms with E-state index in [1.165, 1.54) is 7.11 Å². The first-order valence-corrected chi connectivity index (χ1v) is 4.31. The lowest BCUT2D eigenvalue weighted by Gasteiger charge is -2.14. The monoisotopic (exact) mass is 201 g/mol. The van der Waals surface area contributed by atoms with Gasteiger partial charge in [-0.3, -0.25) is 0 Å². The number of hydrogen-bond acceptors (Lipinski definition) is 2. The van der Waals surface area contributed by atoms with E-state index < -0.39 is 12.3 Å². The van der Waals surface area contributed by atoms with E-state index in [0.29, 0.717) is 11.3 Å². The molecule has 0 saturated carbocycles. The van der Waals surface area contributed by atoms with Crippen molar-refractivity contribution in [2.24, 2.45) is 5.73 Å². The predicted octanol–water partition coefficient (Wildman–Crippen LogP) is 2.00. The smallest absolute Gasteiger partial charge is 0.246 e. The van der Waals surface area contributed by atoms with Crippen molar-refractivity contribution >= 4 is 0 Å². The molecule has 14 heavy (non-hydrogen) atoms. The zero-order chi connectivity index (χ0) is 10.6. The molecule has 1 rings (SSSR count). The van der Waals surface area contributed by atoms with Crippen LogP contribution < -0.4 is 10.5 Å². The Kier molecular flexibility index (Phi) is 3.83. The number of halogens is 2. The average molecular weight is 201 g/mol. The van der Waals surface area contributed by atoms with E-state index in [-0.39, 0.29) is 6.54 Å². The molecule has 0 aliphatic rings. The van der Waals surface area contributed by atoms with Crippen LogP contribution in [0.2, 0.25) is 0 Å². The summed E-state index contributed by atoms with van der Waals surface area (Å²) in [5.41, 5.74) is 5.81. The molecule has 0 bridgehead atoms. The number of alkyl halides is 2. The third-order valence-corrected chi connectivity index (χ3v) is 2.10. The summed E-state index contributed by atoms with van der Waals surface area (Å²) >= 11 is 0. The van der Waals surface area contributed by atoms with Gasteiger partial charge in [-0.2, -0.15) is 0 Å². The minimum Gasteiger partial charge on any atom is -0.497 e. The Morgan fingerprint density at radius 1 is 1.29 bits per heavy atom. The topological polar surface area (TPSA) is 35.2 Å². The van der Waals surface area contributed by atoms with Gasteiger partial charge in [0.25, 0.3) is 0 Å². The molecule has 78 valence electrons. The number of methoxy groups -OCH3 is 1. The summed E-state index contributed by atoms with van der Waals surface area (Å²) in [6.45, 7) is -0.0516. The summed E-state index contributed by atoms with van der Waals surface area (Å²) in [7, 11) is 1.53. The van der Waals surface area contributed by atoms with Gasteiger partial charge in [0.05, 0.1) is 13.0 Å². The quantitative estimate of drug-likeness (QED) is 0.808. The van der Waals surface area contributed by atoms with E-state index in [1.807, 2.05) is 0 Å². The van der Waals surface area contributed by atoms with Gasteiger partial charge < -0.3 is 10.5 Å². The SMILES string of the molecule is COc1ccc(C(CN)C(F)F)cc1. The van der Waals surface area contributed by atoms with E-state index in [1.54, 1.807) is 24.3 Å². The van der Waals surface area contributed by atoms with Crippen LogP contribution in [-0.4, -0.2) is 20.1 Å². The fourth-order valence-electron chi connectivity index (χ4n) is 1.24. The van der Waals surface area contributed by atoms with Gasteiger partial charge in [0.1, 0.15) is 5.75 Å². The highest BCUT2D eigenvalue weighted by Crippen LogP contribution is 2.23. The third-order valence-electron chi connectivity index (χ3n) is 2.10. The van der Waals surface area contributed by atoms with Gasteiger partial charge in [-0.25, -0.2) is 8.78 Å². The van der Waals surface area contributed by atoms with Crippen LogP contribution in [0.1, 0.15) is 11.5 Å². The molecule has 2 N–H and O–H groups in total. The Balaban J connectivity index is 2.84. The molecule has 1 unspecified atom stereocenters. The van der Waals surface area contributed by atoms with Crippen LogP contribution in [-0.2, 0) is 0 Å². The lowest BCUT2D eigenvalue weighted by Crippen LogP contribution is -2.19. The second kappa shape index (κ2) is 4.91. The molecular formula is C10H13F2NO. The fraction of sp³-hybridized carbons (Fsp3) is 0.400. The molecule has 1 aromatic carbocycles. The molecule has 1 atom stereocenters. The van der Waals surface area contributed by atoms with Crippen molar-refractivity contribution in [1.82, 2.24) is 0 Å². The first kappa shape index (κ1) is 10.9. The average Bonchev–Trinajstić information content (AvgIpc) is 2.19. The van der Waals surface area contributed by atoms with Gasteiger partial charge in [-0.15, -0.1) is 0 Å². The Bertz CT molecular complexity index is 274. The summed E-state index contributed by atoms with van der Waals surface area (Å²) < 4.78 is 29.8. The van der Waals surface area contributed by atoms with Gasteiger partial charge in [0.15, 0.2) is 0 Å². The number of rotatable bonds is 4. The van der Waals surface area contributed by atoms with Crippen LogP contribution in [0.15, 0.2) is 24.3 Å². The zero-order valence-corrected chi connectivity index (χ0v) is 7.91. The molecule has 0 aromatic heterocycles. The van der Waals surface area contributed by atoms with E-state index >= 15 is 0 Å². The van der Waals surface area contributed by atoms with Crippen LogP contribution in [0.4, 0.5) is 8.78 Å². The van der Waals surface area contributed by atoms with Crippen molar-refractivity contribution in [1.29, 1.82) is 0 Å². The van der Waals surface area contributed by atoms with Gasteiger partial charge in [0.2, 0.25) is 6.43 Å². The number of ether oxygens (including phenoxy) is 1. The fourth-order valence-corrected chi connectivity index (χ4v) is 1.24. The first-order valence-electron chi connectivity index (χ1n) is 4.31. The van der Waals surface area contributed by atoms with Crippen molar-refractivity contribution in [3.05, 3.63) is 29.8 Å². The van der Waals surface area contributed by atoms with Crippen LogP contribution >= 0.6 is 0 Å². The molecule has 0 amide bonds. The van der Waals surface area contributed by atoms with Crippen LogP contribution in [0.3, 0.4) is 0 Å². The zero-order valence-electron chi connectivity index (χ0n) is 7.91. The highest BCUT2D eigenvalue weighted by Gasteiger charge is 2.20. The Labute approximate surface area is 81.7 Å². The summed E-state index contributed by atoms with van der Waals surface area (Å²) in [5, 5.41) is 0. The minimum atomic E-state index is -2.42. The Morgan fingerprint density at radius 2 is 1.86 bits per heavy atom. The van der Waals surface area contributed by atoms with Crippen molar-refractivity contribution in [3.63, 3.8) is 0 Å². The molecular weight excluding hydrogens is 188 g/mol. The van der Waals surface area contributed by atoms with Crippen molar-refractivity contribution < 1.29 is 13.5 Å². The maximum atomic E-state index is 12.5. The van der Waals surface area contributed by atoms with Gasteiger partial charge in [0, 0.05) is 6.54 Å². The Morgan fingerprint density at radius 3 is 2.21 bits per heavy atom. The van der Waals surface area contributed by atoms with Gasteiger partial charge in [-0.05, 0) is 17.7 Å². The van der Waals surface area contributed by atoms with Crippen molar-refractivity contribution in [2.45, 2.75) is 12.3 Å². The molecule has 0 spiro atoms. The van der Waals surface area contributed by atoms with E-state index in [2.05, 4.69) is 0 Å². The van der Waals surface area contributed by atoms with Crippen LogP contribution in [0.5, 0.6) is 5.75 Å². The molecule has 2 nitrogen and oxygen atoms in total. The number of hydrogen-bond donors (Lipinski definition) is 1. The summed E-state index contributed by atoms with van der Waals surface area (Å²) in [6.07, 6.45) is -2.42. The molecule has 0 aliphatic heterocycles. The second-order valence-electron chi connectivity index (χ2n) is 2.95. The number of nitrogens with two attached hydrogens (primary N) is 1. The van der Waals surface area contributed by atoms with E-state index in [4.69, 9.17) is 10.5 Å². The third kappa shape index (κ3) is 2.42. The van der Waals surface area contributed by atoms with Crippen molar-refractivity contribution in [2.75, 3.05) is 13.7 Å². The summed E-state index contributed by atoms with van der Waals surface area (Å²) in [6, 6.07) is 6.53. The Hall–Kier alpha value is -1.16. The van der Waals surface area contributed by atoms with Crippen molar-refractivity contribution in [3.8, 4) is 5.75 Å². The van der Waals surface area contributed by atoms with E-state index in [0.717, 1.165) is 0 Å². The molecule has 0 heterocycles. The first-order chi connectivity index (χ1) is 6.69. The lowest BCUT2D eigenvalue weighted by molar-refractivity contribution is 0.117. The maximum Gasteiger partial charge on any atom is 0.246 e. The van der Waals surface area contributed by atoms with Gasteiger partial charge in [-0.1, -0.05) is 12.1 Å². The number of benzene rings is 1. The van der Waals surface area contributed by atoms with Crippen LogP contribution in [0.25, 0.3) is 0 Å². The molecule has 0 saturated heterocycles. The second-order valence-corrected chi connectivity index (χ2v) is 2.95. The molecule has 0 fully saturated rings.